The van der Waals surface area contributed by atoms with Crippen molar-refractivity contribution in [3.8, 4) is 0 Å². The van der Waals surface area contributed by atoms with Crippen LogP contribution < -0.4 is 15.1 Å². The van der Waals surface area contributed by atoms with Gasteiger partial charge in [0, 0.05) is 22.8 Å². The summed E-state index contributed by atoms with van der Waals surface area (Å²) in [6.07, 6.45) is 3.62. The van der Waals surface area contributed by atoms with Crippen molar-refractivity contribution in [2.45, 2.75) is 52.0 Å². The summed E-state index contributed by atoms with van der Waals surface area (Å²) in [4.78, 5) is 41.5. The number of nitrogens with one attached hydrogen (secondary N) is 1. The van der Waals surface area contributed by atoms with E-state index in [9.17, 15) is 14.4 Å². The topological polar surface area (TPSA) is 69.7 Å². The lowest BCUT2D eigenvalue weighted by atomic mass is 9.79. The van der Waals surface area contributed by atoms with E-state index in [0.717, 1.165) is 29.8 Å². The number of anilines is 2. The van der Waals surface area contributed by atoms with E-state index in [0.29, 0.717) is 16.6 Å². The lowest BCUT2D eigenvalue weighted by molar-refractivity contribution is -0.122. The number of urea groups is 1. The highest BCUT2D eigenvalue weighted by atomic mass is 35.5. The number of barbiturate groups is 1. The van der Waals surface area contributed by atoms with Crippen LogP contribution in [0.4, 0.5) is 16.2 Å². The fourth-order valence-electron chi connectivity index (χ4n) is 4.89. The van der Waals surface area contributed by atoms with Gasteiger partial charge in [-0.3, -0.25) is 14.9 Å². The minimum atomic E-state index is -0.777. The third kappa shape index (κ3) is 4.27. The van der Waals surface area contributed by atoms with Crippen LogP contribution in [0.3, 0.4) is 0 Å². The maximum Gasteiger partial charge on any atom is 0.335 e. The molecule has 33 heavy (non-hydrogen) atoms. The number of halogens is 1. The molecule has 2 aromatic rings. The number of hydrogen-bond acceptors (Lipinski definition) is 4. The van der Waals surface area contributed by atoms with E-state index in [1.54, 1.807) is 30.3 Å². The van der Waals surface area contributed by atoms with Crippen LogP contribution in [-0.4, -0.2) is 29.9 Å². The second kappa shape index (κ2) is 8.67. The number of benzene rings is 2. The number of carbonyl (C=O) groups excluding carboxylic acids is 3. The Labute approximate surface area is 199 Å². The first kappa shape index (κ1) is 23.1. The van der Waals surface area contributed by atoms with Crippen molar-refractivity contribution < 1.29 is 14.4 Å². The first-order chi connectivity index (χ1) is 15.6. The summed E-state index contributed by atoms with van der Waals surface area (Å²) in [7, 11) is 0. The zero-order valence-electron chi connectivity index (χ0n) is 19.3. The summed E-state index contributed by atoms with van der Waals surface area (Å²) in [5.74, 6) is -1.02. The van der Waals surface area contributed by atoms with E-state index >= 15 is 0 Å². The standard InChI is InChI=1S/C26H28ClN3O3/c1-5-12-29-22-11-6-17(13-20(22)16(2)15-26(29,3)4)14-21-23(31)28-25(33)30(24(21)32)19-9-7-18(27)8-10-19/h6-11,13-14,16H,5,12,15H2,1-4H3,(H,28,31,33)/b21-14-. The first-order valence-electron chi connectivity index (χ1n) is 11.2. The second-order valence-corrected chi connectivity index (χ2v) is 9.76. The van der Waals surface area contributed by atoms with E-state index in [2.05, 4.69) is 50.0 Å². The summed E-state index contributed by atoms with van der Waals surface area (Å²) in [6, 6.07) is 11.6. The molecule has 1 saturated heterocycles. The van der Waals surface area contributed by atoms with E-state index in [4.69, 9.17) is 11.6 Å². The second-order valence-electron chi connectivity index (χ2n) is 9.32. The van der Waals surface area contributed by atoms with Crippen LogP contribution >= 0.6 is 11.6 Å². The van der Waals surface area contributed by atoms with Crippen molar-refractivity contribution in [3.63, 3.8) is 0 Å². The molecule has 2 aliphatic heterocycles. The van der Waals surface area contributed by atoms with Gasteiger partial charge >= 0.3 is 6.03 Å². The van der Waals surface area contributed by atoms with E-state index < -0.39 is 17.8 Å². The number of nitrogens with zero attached hydrogens (tertiary/aromatic N) is 2. The predicted molar refractivity (Wildman–Crippen MR) is 132 cm³/mol. The Kier molecular flexibility index (Phi) is 6.06. The van der Waals surface area contributed by atoms with Crippen LogP contribution in [0.1, 0.15) is 57.6 Å². The number of imide groups is 2. The molecule has 7 heteroatoms. The number of rotatable bonds is 4. The molecule has 2 heterocycles. The molecular formula is C26H28ClN3O3. The van der Waals surface area contributed by atoms with Crippen molar-refractivity contribution in [3.05, 3.63) is 64.2 Å². The van der Waals surface area contributed by atoms with Crippen molar-refractivity contribution in [1.29, 1.82) is 0 Å². The van der Waals surface area contributed by atoms with Crippen LogP contribution in [0.5, 0.6) is 0 Å². The molecule has 4 amide bonds. The minimum absolute atomic E-state index is 0.0566. The molecule has 0 saturated carbocycles. The van der Waals surface area contributed by atoms with Gasteiger partial charge in [-0.25, -0.2) is 9.69 Å². The third-order valence-corrected chi connectivity index (χ3v) is 6.61. The van der Waals surface area contributed by atoms with Gasteiger partial charge in [0.05, 0.1) is 5.69 Å². The lowest BCUT2D eigenvalue weighted by Crippen LogP contribution is -2.54. The van der Waals surface area contributed by atoms with Crippen molar-refractivity contribution in [1.82, 2.24) is 5.32 Å². The fraction of sp³-hybridized carbons (Fsp3) is 0.346. The molecule has 2 aromatic carbocycles. The molecule has 172 valence electrons. The minimum Gasteiger partial charge on any atom is -0.366 e. The number of hydrogen-bond donors (Lipinski definition) is 1. The van der Waals surface area contributed by atoms with E-state index in [1.165, 1.54) is 11.3 Å². The normalized spacial score (nSPS) is 21.3. The van der Waals surface area contributed by atoms with Gasteiger partial charge in [0.25, 0.3) is 11.8 Å². The van der Waals surface area contributed by atoms with E-state index in [-0.39, 0.29) is 11.1 Å². The Morgan fingerprint density at radius 3 is 2.48 bits per heavy atom. The number of amides is 4. The molecule has 1 atom stereocenters. The van der Waals surface area contributed by atoms with Gasteiger partial charge in [-0.1, -0.05) is 31.5 Å². The monoisotopic (exact) mass is 465 g/mol. The molecule has 0 radical (unpaired) electrons. The van der Waals surface area contributed by atoms with Crippen LogP contribution in [0.2, 0.25) is 5.02 Å². The van der Waals surface area contributed by atoms with Gasteiger partial charge in [-0.2, -0.15) is 0 Å². The van der Waals surface area contributed by atoms with Crippen molar-refractivity contribution >= 4 is 46.9 Å². The summed E-state index contributed by atoms with van der Waals surface area (Å²) in [5.41, 5.74) is 3.46. The maximum absolute atomic E-state index is 13.1. The van der Waals surface area contributed by atoms with Gasteiger partial charge in [0.2, 0.25) is 0 Å². The summed E-state index contributed by atoms with van der Waals surface area (Å²) in [5, 5.41) is 2.75. The Balaban J connectivity index is 1.72. The Hall–Kier alpha value is -3.12. The SMILES string of the molecule is CCCN1c2ccc(/C=C3/C(=O)NC(=O)N(c4ccc(Cl)cc4)C3=O)cc2C(C)CC1(C)C. The highest BCUT2D eigenvalue weighted by Gasteiger charge is 2.38. The van der Waals surface area contributed by atoms with Crippen LogP contribution in [0, 0.1) is 0 Å². The largest absolute Gasteiger partial charge is 0.366 e. The van der Waals surface area contributed by atoms with Gasteiger partial charge in [-0.15, -0.1) is 0 Å². The smallest absolute Gasteiger partial charge is 0.335 e. The Bertz CT molecular complexity index is 1150. The molecule has 1 N–H and O–H groups in total. The first-order valence-corrected chi connectivity index (χ1v) is 11.6. The zero-order valence-corrected chi connectivity index (χ0v) is 20.1. The number of carbonyl (C=O) groups is 3. The molecule has 0 bridgehead atoms. The lowest BCUT2D eigenvalue weighted by Gasteiger charge is -2.47. The maximum atomic E-state index is 13.1. The van der Waals surface area contributed by atoms with Crippen LogP contribution in [0.25, 0.3) is 6.08 Å². The highest BCUT2D eigenvalue weighted by Crippen LogP contribution is 2.43. The quantitative estimate of drug-likeness (QED) is 0.477. The summed E-state index contributed by atoms with van der Waals surface area (Å²) < 4.78 is 0. The zero-order chi connectivity index (χ0) is 23.9. The van der Waals surface area contributed by atoms with Gasteiger partial charge < -0.3 is 4.90 Å². The van der Waals surface area contributed by atoms with Crippen molar-refractivity contribution in [2.75, 3.05) is 16.3 Å². The van der Waals surface area contributed by atoms with E-state index in [1.807, 2.05) is 6.07 Å². The Morgan fingerprint density at radius 2 is 1.82 bits per heavy atom. The average Bonchev–Trinajstić information content (AvgIpc) is 2.75. The predicted octanol–water partition coefficient (Wildman–Crippen LogP) is 5.51. The third-order valence-electron chi connectivity index (χ3n) is 6.35. The molecule has 1 fully saturated rings. The average molecular weight is 466 g/mol. The van der Waals surface area contributed by atoms with Gasteiger partial charge in [0.15, 0.2) is 0 Å². The summed E-state index contributed by atoms with van der Waals surface area (Å²) in [6.45, 7) is 9.89. The molecule has 0 aliphatic carbocycles. The molecule has 1 unspecified atom stereocenters. The van der Waals surface area contributed by atoms with Crippen LogP contribution in [-0.2, 0) is 9.59 Å². The molecule has 6 nitrogen and oxygen atoms in total. The Morgan fingerprint density at radius 1 is 1.12 bits per heavy atom. The van der Waals surface area contributed by atoms with Gasteiger partial charge in [0.1, 0.15) is 5.57 Å². The van der Waals surface area contributed by atoms with Gasteiger partial charge in [-0.05, 0) is 86.2 Å². The molecule has 2 aliphatic rings. The number of fused-ring (bicyclic) bond motifs is 1. The molecular weight excluding hydrogens is 438 g/mol. The summed E-state index contributed by atoms with van der Waals surface area (Å²) >= 11 is 5.93. The van der Waals surface area contributed by atoms with Crippen LogP contribution in [0.15, 0.2) is 48.0 Å². The molecule has 0 spiro atoms. The highest BCUT2D eigenvalue weighted by molar-refractivity contribution is 6.39. The molecule has 0 aromatic heterocycles. The fourth-order valence-corrected chi connectivity index (χ4v) is 5.02. The molecule has 4 rings (SSSR count). The van der Waals surface area contributed by atoms with Crippen molar-refractivity contribution in [2.24, 2.45) is 0 Å².